The van der Waals surface area contributed by atoms with Gasteiger partial charge >= 0.3 is 0 Å². The van der Waals surface area contributed by atoms with Crippen LogP contribution in [0.3, 0.4) is 0 Å². The molecule has 30 heavy (non-hydrogen) atoms. The van der Waals surface area contributed by atoms with Crippen LogP contribution in [0, 0.1) is 0 Å². The highest BCUT2D eigenvalue weighted by Gasteiger charge is 2.13. The molecule has 0 spiro atoms. The SMILES string of the molecule is COc1ccc(-c2cn3c(n2)sc2cc(C(=O)Nc4cccc(Cl)c4)ccc23)cc1. The van der Waals surface area contributed by atoms with E-state index in [1.54, 1.807) is 36.6 Å². The van der Waals surface area contributed by atoms with Gasteiger partial charge in [-0.3, -0.25) is 9.20 Å². The van der Waals surface area contributed by atoms with Crippen LogP contribution in [0.15, 0.2) is 72.9 Å². The number of benzene rings is 3. The number of anilines is 1. The van der Waals surface area contributed by atoms with Crippen molar-refractivity contribution in [1.29, 1.82) is 0 Å². The minimum Gasteiger partial charge on any atom is -0.497 e. The number of hydrogen-bond donors (Lipinski definition) is 1. The number of halogens is 1. The summed E-state index contributed by atoms with van der Waals surface area (Å²) in [6.07, 6.45) is 2.02. The van der Waals surface area contributed by atoms with Crippen LogP contribution in [-0.2, 0) is 0 Å². The smallest absolute Gasteiger partial charge is 0.255 e. The Labute approximate surface area is 181 Å². The molecule has 1 N–H and O–H groups in total. The lowest BCUT2D eigenvalue weighted by Crippen LogP contribution is -2.11. The molecule has 0 aliphatic heterocycles. The van der Waals surface area contributed by atoms with Gasteiger partial charge in [0.25, 0.3) is 5.91 Å². The summed E-state index contributed by atoms with van der Waals surface area (Å²) < 4.78 is 8.27. The van der Waals surface area contributed by atoms with Gasteiger partial charge in [-0.05, 0) is 60.7 Å². The highest BCUT2D eigenvalue weighted by atomic mass is 35.5. The first-order valence-electron chi connectivity index (χ1n) is 9.24. The van der Waals surface area contributed by atoms with Gasteiger partial charge in [0.2, 0.25) is 0 Å². The summed E-state index contributed by atoms with van der Waals surface area (Å²) in [5, 5.41) is 3.46. The fraction of sp³-hybridized carbons (Fsp3) is 0.0435. The molecule has 0 aliphatic carbocycles. The van der Waals surface area contributed by atoms with Gasteiger partial charge in [-0.15, -0.1) is 0 Å². The van der Waals surface area contributed by atoms with Crippen LogP contribution in [0.1, 0.15) is 10.4 Å². The Kier molecular flexibility index (Phi) is 4.65. The number of fused-ring (bicyclic) bond motifs is 3. The van der Waals surface area contributed by atoms with E-state index in [-0.39, 0.29) is 5.91 Å². The minimum atomic E-state index is -0.177. The molecule has 0 radical (unpaired) electrons. The van der Waals surface area contributed by atoms with Crippen LogP contribution < -0.4 is 10.1 Å². The molecule has 5 nitrogen and oxygen atoms in total. The zero-order valence-corrected chi connectivity index (χ0v) is 17.5. The maximum atomic E-state index is 12.6. The van der Waals surface area contributed by atoms with E-state index in [0.717, 1.165) is 32.2 Å². The third kappa shape index (κ3) is 3.40. The van der Waals surface area contributed by atoms with E-state index in [4.69, 9.17) is 21.3 Å². The molecule has 0 bridgehead atoms. The molecular weight excluding hydrogens is 418 g/mol. The second kappa shape index (κ2) is 7.48. The Morgan fingerprint density at radius 3 is 2.70 bits per heavy atom. The van der Waals surface area contributed by atoms with Crippen LogP contribution >= 0.6 is 22.9 Å². The van der Waals surface area contributed by atoms with Crippen molar-refractivity contribution in [2.45, 2.75) is 0 Å². The maximum Gasteiger partial charge on any atom is 0.255 e. The highest BCUT2D eigenvalue weighted by molar-refractivity contribution is 7.23. The van der Waals surface area contributed by atoms with Crippen LogP contribution in [0.4, 0.5) is 5.69 Å². The third-order valence-corrected chi connectivity index (χ3v) is 6.08. The number of imidazole rings is 1. The lowest BCUT2D eigenvalue weighted by atomic mass is 10.1. The van der Waals surface area contributed by atoms with Crippen molar-refractivity contribution < 1.29 is 9.53 Å². The fourth-order valence-electron chi connectivity index (χ4n) is 3.31. The molecule has 0 atom stereocenters. The van der Waals surface area contributed by atoms with Crippen LogP contribution in [0.5, 0.6) is 5.75 Å². The van der Waals surface area contributed by atoms with Crippen molar-refractivity contribution in [3.8, 4) is 17.0 Å². The van der Waals surface area contributed by atoms with Crippen molar-refractivity contribution >= 4 is 49.7 Å². The van der Waals surface area contributed by atoms with Gasteiger partial charge in [0.1, 0.15) is 5.75 Å². The maximum absolute atomic E-state index is 12.6. The Balaban J connectivity index is 1.45. The topological polar surface area (TPSA) is 55.6 Å². The van der Waals surface area contributed by atoms with E-state index >= 15 is 0 Å². The summed E-state index contributed by atoms with van der Waals surface area (Å²) in [6, 6.07) is 20.6. The lowest BCUT2D eigenvalue weighted by molar-refractivity contribution is 0.102. The van der Waals surface area contributed by atoms with E-state index < -0.39 is 0 Å². The summed E-state index contributed by atoms with van der Waals surface area (Å²) in [4.78, 5) is 18.3. The number of carbonyl (C=O) groups is 1. The van der Waals surface area contributed by atoms with Crippen LogP contribution in [0.2, 0.25) is 5.02 Å². The van der Waals surface area contributed by atoms with Crippen LogP contribution in [-0.4, -0.2) is 22.4 Å². The van der Waals surface area contributed by atoms with Gasteiger partial charge in [0.05, 0.1) is 23.0 Å². The van der Waals surface area contributed by atoms with E-state index in [0.29, 0.717) is 16.3 Å². The number of thiazole rings is 1. The number of ether oxygens (including phenoxy) is 1. The van der Waals surface area contributed by atoms with Crippen molar-refractivity contribution in [2.24, 2.45) is 0 Å². The number of nitrogens with one attached hydrogen (secondary N) is 1. The zero-order chi connectivity index (χ0) is 20.7. The van der Waals surface area contributed by atoms with Gasteiger partial charge in [-0.1, -0.05) is 29.0 Å². The van der Waals surface area contributed by atoms with Gasteiger partial charge in [-0.2, -0.15) is 0 Å². The molecule has 0 saturated carbocycles. The van der Waals surface area contributed by atoms with Gasteiger partial charge in [0, 0.05) is 28.0 Å². The van der Waals surface area contributed by atoms with E-state index in [1.165, 1.54) is 0 Å². The molecule has 0 saturated heterocycles. The number of hydrogen-bond acceptors (Lipinski definition) is 4. The molecule has 0 fully saturated rings. The Morgan fingerprint density at radius 1 is 1.10 bits per heavy atom. The average molecular weight is 434 g/mol. The average Bonchev–Trinajstić information content (AvgIpc) is 3.31. The first-order chi connectivity index (χ1) is 14.6. The first kappa shape index (κ1) is 18.7. The number of aromatic nitrogens is 2. The van der Waals surface area contributed by atoms with E-state index in [2.05, 4.69) is 9.72 Å². The second-order valence-corrected chi connectivity index (χ2v) is 8.20. The largest absolute Gasteiger partial charge is 0.497 e. The van der Waals surface area contributed by atoms with E-state index in [9.17, 15) is 4.79 Å². The molecule has 0 unspecified atom stereocenters. The number of rotatable bonds is 4. The molecule has 5 rings (SSSR count). The van der Waals surface area contributed by atoms with Gasteiger partial charge < -0.3 is 10.1 Å². The fourth-order valence-corrected chi connectivity index (χ4v) is 4.55. The van der Waals surface area contributed by atoms with Crippen molar-refractivity contribution in [1.82, 2.24) is 9.38 Å². The lowest BCUT2D eigenvalue weighted by Gasteiger charge is -2.05. The molecule has 148 valence electrons. The first-order valence-corrected chi connectivity index (χ1v) is 10.4. The van der Waals surface area contributed by atoms with E-state index in [1.807, 2.05) is 54.7 Å². The monoisotopic (exact) mass is 433 g/mol. The predicted octanol–water partition coefficient (Wildman–Crippen LogP) is 6.13. The molecule has 7 heteroatoms. The minimum absolute atomic E-state index is 0.177. The Morgan fingerprint density at radius 2 is 1.93 bits per heavy atom. The summed E-state index contributed by atoms with van der Waals surface area (Å²) in [7, 11) is 1.65. The highest BCUT2D eigenvalue weighted by Crippen LogP contribution is 2.31. The number of carbonyl (C=O) groups excluding carboxylic acids is 1. The van der Waals surface area contributed by atoms with Crippen molar-refractivity contribution in [2.75, 3.05) is 12.4 Å². The molecule has 2 heterocycles. The molecule has 2 aromatic heterocycles. The molecule has 3 aromatic carbocycles. The molecular formula is C23H16ClN3O2S. The summed E-state index contributed by atoms with van der Waals surface area (Å²) in [5.74, 6) is 0.637. The quantitative estimate of drug-likeness (QED) is 0.371. The Bertz CT molecular complexity index is 1390. The van der Waals surface area contributed by atoms with Crippen molar-refractivity contribution in [3.63, 3.8) is 0 Å². The zero-order valence-electron chi connectivity index (χ0n) is 15.9. The molecule has 5 aromatic rings. The van der Waals surface area contributed by atoms with Crippen molar-refractivity contribution in [3.05, 3.63) is 83.5 Å². The standard InChI is InChI=1S/C23H16ClN3O2S/c1-29-18-8-5-14(6-9-18)19-13-27-20-10-7-15(11-21(20)30-23(27)26-19)22(28)25-17-4-2-3-16(24)12-17/h2-13H,1H3,(H,25,28). The predicted molar refractivity (Wildman–Crippen MR) is 122 cm³/mol. The van der Waals surface area contributed by atoms with Gasteiger partial charge in [-0.25, -0.2) is 4.98 Å². The molecule has 0 aliphatic rings. The normalized spacial score (nSPS) is 11.1. The Hall–Kier alpha value is -3.35. The van der Waals surface area contributed by atoms with Gasteiger partial charge in [0.15, 0.2) is 4.96 Å². The number of amides is 1. The summed E-state index contributed by atoms with van der Waals surface area (Å²) in [5.41, 5.74) is 4.19. The molecule has 1 amide bonds. The number of methoxy groups -OCH3 is 1. The second-order valence-electron chi connectivity index (χ2n) is 6.76. The number of nitrogens with zero attached hydrogens (tertiary/aromatic N) is 2. The summed E-state index contributed by atoms with van der Waals surface area (Å²) >= 11 is 7.54. The third-order valence-electron chi connectivity index (χ3n) is 4.82. The van der Waals surface area contributed by atoms with Crippen LogP contribution in [0.25, 0.3) is 26.4 Å². The summed E-state index contributed by atoms with van der Waals surface area (Å²) in [6.45, 7) is 0.